The summed E-state index contributed by atoms with van der Waals surface area (Å²) in [6.07, 6.45) is 2.94. The first kappa shape index (κ1) is 15.4. The number of urea groups is 1. The Morgan fingerprint density at radius 3 is 2.68 bits per heavy atom. The van der Waals surface area contributed by atoms with E-state index in [9.17, 15) is 9.59 Å². The van der Waals surface area contributed by atoms with Crippen LogP contribution in [0.4, 0.5) is 10.5 Å². The summed E-state index contributed by atoms with van der Waals surface area (Å²) in [5, 5.41) is 14.3. The predicted octanol–water partition coefficient (Wildman–Crippen LogP) is 2.57. The number of benzene rings is 1. The van der Waals surface area contributed by atoms with E-state index in [1.807, 2.05) is 6.26 Å². The molecule has 5 nitrogen and oxygen atoms in total. The third-order valence-corrected chi connectivity index (χ3v) is 3.22. The van der Waals surface area contributed by atoms with Crippen LogP contribution >= 0.6 is 11.8 Å². The number of hydrogen-bond donors (Lipinski definition) is 3. The second-order valence-corrected chi connectivity index (χ2v) is 5.05. The third-order valence-electron chi connectivity index (χ3n) is 2.53. The van der Waals surface area contributed by atoms with E-state index in [4.69, 9.17) is 5.11 Å². The van der Waals surface area contributed by atoms with Gasteiger partial charge in [-0.2, -0.15) is 11.8 Å². The maximum Gasteiger partial charge on any atom is 0.335 e. The van der Waals surface area contributed by atoms with Gasteiger partial charge in [0.1, 0.15) is 0 Å². The molecule has 0 fully saturated rings. The van der Waals surface area contributed by atoms with Crippen LogP contribution in [0.5, 0.6) is 0 Å². The number of rotatable bonds is 6. The molecule has 2 amide bonds. The minimum Gasteiger partial charge on any atom is -0.478 e. The zero-order valence-corrected chi connectivity index (χ0v) is 11.8. The molecule has 1 rings (SSSR count). The van der Waals surface area contributed by atoms with Gasteiger partial charge in [0.15, 0.2) is 0 Å². The van der Waals surface area contributed by atoms with Crippen LogP contribution in [-0.2, 0) is 0 Å². The maximum atomic E-state index is 11.6. The van der Waals surface area contributed by atoms with Crippen LogP contribution in [0.25, 0.3) is 0 Å². The quantitative estimate of drug-likeness (QED) is 0.701. The molecule has 0 aromatic heterocycles. The highest BCUT2D eigenvalue weighted by Gasteiger charge is 2.08. The summed E-state index contributed by atoms with van der Waals surface area (Å²) < 4.78 is 0. The third kappa shape index (κ3) is 5.21. The number of carboxylic acid groups (broad SMARTS) is 1. The van der Waals surface area contributed by atoms with Crippen molar-refractivity contribution in [1.82, 2.24) is 5.32 Å². The van der Waals surface area contributed by atoms with Gasteiger partial charge in [0.25, 0.3) is 0 Å². The summed E-state index contributed by atoms with van der Waals surface area (Å²) in [5.74, 6) is 0.0396. The van der Waals surface area contributed by atoms with Crippen molar-refractivity contribution < 1.29 is 14.7 Å². The van der Waals surface area contributed by atoms with Gasteiger partial charge in [-0.15, -0.1) is 0 Å². The Labute approximate surface area is 116 Å². The van der Waals surface area contributed by atoms with Crippen molar-refractivity contribution in [1.29, 1.82) is 0 Å². The van der Waals surface area contributed by atoms with Crippen LogP contribution < -0.4 is 10.6 Å². The molecule has 0 aliphatic heterocycles. The highest BCUT2D eigenvalue weighted by molar-refractivity contribution is 7.98. The average Bonchev–Trinajstić information content (AvgIpc) is 2.34. The van der Waals surface area contributed by atoms with Crippen LogP contribution in [0, 0.1) is 6.92 Å². The number of thioether (sulfide) groups is 1. The highest BCUT2D eigenvalue weighted by Crippen LogP contribution is 2.15. The topological polar surface area (TPSA) is 78.4 Å². The molecule has 0 atom stereocenters. The zero-order chi connectivity index (χ0) is 14.3. The van der Waals surface area contributed by atoms with Crippen molar-refractivity contribution in [2.75, 3.05) is 23.9 Å². The zero-order valence-electron chi connectivity index (χ0n) is 11.0. The molecular weight excluding hydrogens is 264 g/mol. The molecule has 0 aliphatic rings. The van der Waals surface area contributed by atoms with Crippen LogP contribution in [0.3, 0.4) is 0 Å². The molecule has 0 bridgehead atoms. The number of carboxylic acids is 1. The number of amides is 2. The smallest absolute Gasteiger partial charge is 0.335 e. The molecule has 0 radical (unpaired) electrons. The molecule has 0 heterocycles. The first-order valence-electron chi connectivity index (χ1n) is 5.92. The minimum absolute atomic E-state index is 0.242. The Kier molecular flexibility index (Phi) is 6.21. The van der Waals surface area contributed by atoms with Gasteiger partial charge in [0.2, 0.25) is 0 Å². The van der Waals surface area contributed by atoms with Crippen molar-refractivity contribution in [3.8, 4) is 0 Å². The largest absolute Gasteiger partial charge is 0.478 e. The molecule has 104 valence electrons. The van der Waals surface area contributed by atoms with Crippen LogP contribution in [-0.4, -0.2) is 35.7 Å². The highest BCUT2D eigenvalue weighted by atomic mass is 32.2. The number of aromatic carboxylic acids is 1. The van der Waals surface area contributed by atoms with Crippen molar-refractivity contribution in [2.24, 2.45) is 0 Å². The van der Waals surface area contributed by atoms with Gasteiger partial charge in [-0.3, -0.25) is 0 Å². The molecule has 0 aliphatic carbocycles. The number of hydrogen-bond acceptors (Lipinski definition) is 3. The monoisotopic (exact) mass is 282 g/mol. The van der Waals surface area contributed by atoms with E-state index < -0.39 is 5.97 Å². The second kappa shape index (κ2) is 7.68. The van der Waals surface area contributed by atoms with E-state index in [1.165, 1.54) is 6.07 Å². The molecular formula is C13H18N2O3S. The number of anilines is 1. The molecule has 3 N–H and O–H groups in total. The summed E-state index contributed by atoms with van der Waals surface area (Å²) in [4.78, 5) is 22.4. The molecule has 0 saturated carbocycles. The number of carbonyl (C=O) groups excluding carboxylic acids is 1. The first-order chi connectivity index (χ1) is 9.04. The fourth-order valence-electron chi connectivity index (χ4n) is 1.58. The fraction of sp³-hybridized carbons (Fsp3) is 0.385. The lowest BCUT2D eigenvalue weighted by atomic mass is 10.1. The fourth-order valence-corrected chi connectivity index (χ4v) is 2.01. The Balaban J connectivity index is 2.51. The minimum atomic E-state index is -0.967. The SMILES string of the molecule is CSCCCNC(=O)Nc1ccc(C(=O)O)c(C)c1. The lowest BCUT2D eigenvalue weighted by molar-refractivity contribution is 0.0696. The summed E-state index contributed by atoms with van der Waals surface area (Å²) in [7, 11) is 0. The second-order valence-electron chi connectivity index (χ2n) is 4.06. The Morgan fingerprint density at radius 2 is 2.11 bits per heavy atom. The van der Waals surface area contributed by atoms with Crippen molar-refractivity contribution in [3.05, 3.63) is 29.3 Å². The number of aryl methyl sites for hydroxylation is 1. The molecule has 0 spiro atoms. The summed E-state index contributed by atoms with van der Waals surface area (Å²) in [6.45, 7) is 2.32. The lowest BCUT2D eigenvalue weighted by Gasteiger charge is -2.09. The van der Waals surface area contributed by atoms with E-state index in [-0.39, 0.29) is 11.6 Å². The average molecular weight is 282 g/mol. The van der Waals surface area contributed by atoms with Crippen molar-refractivity contribution in [2.45, 2.75) is 13.3 Å². The Morgan fingerprint density at radius 1 is 1.37 bits per heavy atom. The van der Waals surface area contributed by atoms with Gasteiger partial charge < -0.3 is 15.7 Å². The van der Waals surface area contributed by atoms with E-state index in [1.54, 1.807) is 30.8 Å². The molecule has 19 heavy (non-hydrogen) atoms. The normalized spacial score (nSPS) is 10.0. The van der Waals surface area contributed by atoms with Crippen LogP contribution in [0.2, 0.25) is 0 Å². The molecule has 1 aromatic rings. The van der Waals surface area contributed by atoms with Gasteiger partial charge in [-0.25, -0.2) is 9.59 Å². The summed E-state index contributed by atoms with van der Waals surface area (Å²) >= 11 is 1.74. The molecule has 6 heteroatoms. The van der Waals surface area contributed by atoms with Crippen molar-refractivity contribution >= 4 is 29.4 Å². The van der Waals surface area contributed by atoms with E-state index in [2.05, 4.69) is 10.6 Å². The lowest BCUT2D eigenvalue weighted by Crippen LogP contribution is -2.29. The van der Waals surface area contributed by atoms with Gasteiger partial charge in [0.05, 0.1) is 5.56 Å². The van der Waals surface area contributed by atoms with Gasteiger partial charge in [0, 0.05) is 12.2 Å². The Hall–Kier alpha value is -1.69. The van der Waals surface area contributed by atoms with Gasteiger partial charge >= 0.3 is 12.0 Å². The van der Waals surface area contributed by atoms with Crippen LogP contribution in [0.15, 0.2) is 18.2 Å². The summed E-state index contributed by atoms with van der Waals surface area (Å²) in [5.41, 5.74) is 1.45. The van der Waals surface area contributed by atoms with Gasteiger partial charge in [-0.05, 0) is 49.1 Å². The molecule has 0 unspecified atom stereocenters. The molecule has 1 aromatic carbocycles. The van der Waals surface area contributed by atoms with E-state index in [0.717, 1.165) is 12.2 Å². The van der Waals surface area contributed by atoms with Crippen molar-refractivity contribution in [3.63, 3.8) is 0 Å². The van der Waals surface area contributed by atoms with Gasteiger partial charge in [-0.1, -0.05) is 0 Å². The first-order valence-corrected chi connectivity index (χ1v) is 7.31. The number of carbonyl (C=O) groups is 2. The standard InChI is InChI=1S/C13H18N2O3S/c1-9-8-10(4-5-11(9)12(16)17)15-13(18)14-6-3-7-19-2/h4-5,8H,3,6-7H2,1-2H3,(H,16,17)(H2,14,15,18). The maximum absolute atomic E-state index is 11.6. The number of nitrogens with one attached hydrogen (secondary N) is 2. The van der Waals surface area contributed by atoms with E-state index in [0.29, 0.717) is 17.8 Å². The van der Waals surface area contributed by atoms with Crippen LogP contribution in [0.1, 0.15) is 22.3 Å². The molecule has 0 saturated heterocycles. The summed E-state index contributed by atoms with van der Waals surface area (Å²) in [6, 6.07) is 4.44. The predicted molar refractivity (Wildman–Crippen MR) is 78.2 cm³/mol. The Bertz CT molecular complexity index is 463. The van der Waals surface area contributed by atoms with E-state index >= 15 is 0 Å².